The topological polar surface area (TPSA) is 55.8 Å². The van der Waals surface area contributed by atoms with E-state index in [0.29, 0.717) is 6.61 Å². The lowest BCUT2D eigenvalue weighted by Gasteiger charge is -2.10. The quantitative estimate of drug-likeness (QED) is 0.781. The average Bonchev–Trinajstić information content (AvgIpc) is 2.75. The minimum absolute atomic E-state index is 0.0177. The second kappa shape index (κ2) is 4.53. The number of benzene rings is 1. The van der Waals surface area contributed by atoms with Crippen LogP contribution in [-0.2, 0) is 16.0 Å². The number of ether oxygens (including phenoxy) is 2. The number of methoxy groups -OCH3 is 1. The predicted molar refractivity (Wildman–Crippen MR) is 57.2 cm³/mol. The van der Waals surface area contributed by atoms with Crippen LogP contribution in [0.25, 0.3) is 0 Å². The summed E-state index contributed by atoms with van der Waals surface area (Å²) in [5.41, 5.74) is 1.82. The first-order chi connectivity index (χ1) is 7.70. The Bertz CT molecular complexity index is 400. The van der Waals surface area contributed by atoms with Gasteiger partial charge in [0.25, 0.3) is 0 Å². The number of fused-ring (bicyclic) bond motifs is 1. The maximum atomic E-state index is 11.0. The van der Waals surface area contributed by atoms with Crippen LogP contribution in [-0.4, -0.2) is 24.8 Å². The number of aliphatic hydroxyl groups excluding tert-OH is 1. The lowest BCUT2D eigenvalue weighted by atomic mass is 10.0. The highest BCUT2D eigenvalue weighted by Crippen LogP contribution is 2.29. The molecule has 1 aromatic rings. The fraction of sp³-hybridized carbons (Fsp3) is 0.417. The van der Waals surface area contributed by atoms with Crippen LogP contribution in [0.3, 0.4) is 0 Å². The second-order valence-electron chi connectivity index (χ2n) is 3.76. The summed E-state index contributed by atoms with van der Waals surface area (Å²) < 4.78 is 9.87. The van der Waals surface area contributed by atoms with Gasteiger partial charge >= 0.3 is 5.97 Å². The van der Waals surface area contributed by atoms with Gasteiger partial charge in [-0.2, -0.15) is 0 Å². The van der Waals surface area contributed by atoms with E-state index in [1.54, 1.807) is 6.07 Å². The molecule has 0 radical (unpaired) electrons. The van der Waals surface area contributed by atoms with E-state index < -0.39 is 12.1 Å². The Kier molecular flexibility index (Phi) is 3.10. The van der Waals surface area contributed by atoms with Crippen molar-refractivity contribution in [2.75, 3.05) is 13.7 Å². The first-order valence-corrected chi connectivity index (χ1v) is 5.21. The van der Waals surface area contributed by atoms with Gasteiger partial charge < -0.3 is 14.6 Å². The summed E-state index contributed by atoms with van der Waals surface area (Å²) in [6.07, 6.45) is 0.0305. The Labute approximate surface area is 93.8 Å². The van der Waals surface area contributed by atoms with E-state index in [1.807, 2.05) is 12.1 Å². The van der Waals surface area contributed by atoms with E-state index in [4.69, 9.17) is 4.74 Å². The summed E-state index contributed by atoms with van der Waals surface area (Å²) >= 11 is 0. The molecule has 4 nitrogen and oxygen atoms in total. The molecule has 1 atom stereocenters. The fourth-order valence-corrected chi connectivity index (χ4v) is 1.77. The van der Waals surface area contributed by atoms with E-state index >= 15 is 0 Å². The van der Waals surface area contributed by atoms with Crippen molar-refractivity contribution in [2.45, 2.75) is 18.9 Å². The lowest BCUT2D eigenvalue weighted by Crippen LogP contribution is -2.08. The van der Waals surface area contributed by atoms with Crippen molar-refractivity contribution in [3.8, 4) is 5.75 Å². The Balaban J connectivity index is 2.12. The molecule has 1 aliphatic rings. The van der Waals surface area contributed by atoms with E-state index in [9.17, 15) is 9.90 Å². The third-order valence-corrected chi connectivity index (χ3v) is 2.69. The van der Waals surface area contributed by atoms with E-state index in [-0.39, 0.29) is 6.42 Å². The smallest absolute Gasteiger partial charge is 0.308 e. The molecule has 0 saturated carbocycles. The van der Waals surface area contributed by atoms with Gasteiger partial charge in [0, 0.05) is 6.42 Å². The number of carbonyl (C=O) groups excluding carboxylic acids is 1. The average molecular weight is 222 g/mol. The normalized spacial score (nSPS) is 15.1. The number of hydrogen-bond acceptors (Lipinski definition) is 4. The maximum absolute atomic E-state index is 11.0. The molecule has 1 heterocycles. The van der Waals surface area contributed by atoms with Crippen molar-refractivity contribution in [1.82, 2.24) is 0 Å². The maximum Gasteiger partial charge on any atom is 0.308 e. The van der Waals surface area contributed by atoms with Gasteiger partial charge in [0.05, 0.1) is 26.2 Å². The zero-order chi connectivity index (χ0) is 11.5. The molecule has 16 heavy (non-hydrogen) atoms. The van der Waals surface area contributed by atoms with Crippen molar-refractivity contribution < 1.29 is 19.4 Å². The SMILES string of the molecule is COC(=O)C[C@@H](O)c1ccc2c(c1)CCO2. The van der Waals surface area contributed by atoms with Crippen LogP contribution in [0.1, 0.15) is 23.7 Å². The molecule has 0 aliphatic carbocycles. The number of rotatable bonds is 3. The van der Waals surface area contributed by atoms with E-state index in [1.165, 1.54) is 7.11 Å². The Morgan fingerprint density at radius 2 is 2.44 bits per heavy atom. The van der Waals surface area contributed by atoms with Gasteiger partial charge in [0.1, 0.15) is 5.75 Å². The standard InChI is InChI=1S/C12H14O4/c1-15-12(14)7-10(13)8-2-3-11-9(6-8)4-5-16-11/h2-3,6,10,13H,4-5,7H2,1H3/t10-/m1/s1. The van der Waals surface area contributed by atoms with Crippen molar-refractivity contribution in [2.24, 2.45) is 0 Å². The van der Waals surface area contributed by atoms with Gasteiger partial charge in [0.15, 0.2) is 0 Å². The molecule has 0 fully saturated rings. The van der Waals surface area contributed by atoms with E-state index in [0.717, 1.165) is 23.3 Å². The van der Waals surface area contributed by atoms with Crippen molar-refractivity contribution >= 4 is 5.97 Å². The third kappa shape index (κ3) is 2.17. The highest BCUT2D eigenvalue weighted by atomic mass is 16.5. The van der Waals surface area contributed by atoms with Crippen LogP contribution < -0.4 is 4.74 Å². The number of carbonyl (C=O) groups is 1. The van der Waals surface area contributed by atoms with Crippen LogP contribution in [0.5, 0.6) is 5.75 Å². The van der Waals surface area contributed by atoms with Crippen molar-refractivity contribution in [1.29, 1.82) is 0 Å². The van der Waals surface area contributed by atoms with Crippen molar-refractivity contribution in [3.05, 3.63) is 29.3 Å². The highest BCUT2D eigenvalue weighted by molar-refractivity contribution is 5.70. The predicted octanol–water partition coefficient (Wildman–Crippen LogP) is 1.22. The summed E-state index contributed by atoms with van der Waals surface area (Å²) in [5, 5.41) is 9.81. The highest BCUT2D eigenvalue weighted by Gasteiger charge is 2.17. The summed E-state index contributed by atoms with van der Waals surface area (Å²) in [6.45, 7) is 0.686. The first kappa shape index (κ1) is 11.0. The molecule has 0 saturated heterocycles. The zero-order valence-corrected chi connectivity index (χ0v) is 9.10. The molecular weight excluding hydrogens is 208 g/mol. The Hall–Kier alpha value is -1.55. The molecular formula is C12H14O4. The number of esters is 1. The van der Waals surface area contributed by atoms with Gasteiger partial charge in [-0.05, 0) is 23.3 Å². The van der Waals surface area contributed by atoms with Crippen LogP contribution in [0.2, 0.25) is 0 Å². The minimum atomic E-state index is -0.807. The van der Waals surface area contributed by atoms with Gasteiger partial charge in [-0.1, -0.05) is 6.07 Å². The monoisotopic (exact) mass is 222 g/mol. The molecule has 1 aliphatic heterocycles. The molecule has 0 spiro atoms. The van der Waals surface area contributed by atoms with Crippen LogP contribution >= 0.6 is 0 Å². The van der Waals surface area contributed by atoms with Gasteiger partial charge in [-0.15, -0.1) is 0 Å². The molecule has 0 amide bonds. The lowest BCUT2D eigenvalue weighted by molar-refractivity contribution is -0.142. The molecule has 1 N–H and O–H groups in total. The van der Waals surface area contributed by atoms with Gasteiger partial charge in [-0.25, -0.2) is 0 Å². The summed E-state index contributed by atoms with van der Waals surface area (Å²) in [4.78, 5) is 11.0. The molecule has 86 valence electrons. The van der Waals surface area contributed by atoms with Crippen LogP contribution in [0.15, 0.2) is 18.2 Å². The summed E-state index contributed by atoms with van der Waals surface area (Å²) in [6, 6.07) is 5.49. The second-order valence-corrected chi connectivity index (χ2v) is 3.76. The third-order valence-electron chi connectivity index (χ3n) is 2.69. The van der Waals surface area contributed by atoms with Gasteiger partial charge in [-0.3, -0.25) is 4.79 Å². The molecule has 2 rings (SSSR count). The Morgan fingerprint density at radius 1 is 1.62 bits per heavy atom. The molecule has 0 bridgehead atoms. The Morgan fingerprint density at radius 3 is 3.19 bits per heavy atom. The van der Waals surface area contributed by atoms with Gasteiger partial charge in [0.2, 0.25) is 0 Å². The number of hydrogen-bond donors (Lipinski definition) is 1. The minimum Gasteiger partial charge on any atom is -0.493 e. The first-order valence-electron chi connectivity index (χ1n) is 5.21. The summed E-state index contributed by atoms with van der Waals surface area (Å²) in [5.74, 6) is 0.457. The molecule has 0 unspecified atom stereocenters. The molecule has 1 aromatic carbocycles. The van der Waals surface area contributed by atoms with Crippen LogP contribution in [0.4, 0.5) is 0 Å². The van der Waals surface area contributed by atoms with Crippen molar-refractivity contribution in [3.63, 3.8) is 0 Å². The largest absolute Gasteiger partial charge is 0.493 e. The fourth-order valence-electron chi connectivity index (χ4n) is 1.77. The summed E-state index contributed by atoms with van der Waals surface area (Å²) in [7, 11) is 1.31. The van der Waals surface area contributed by atoms with E-state index in [2.05, 4.69) is 4.74 Å². The molecule has 0 aromatic heterocycles. The van der Waals surface area contributed by atoms with Crippen LogP contribution in [0, 0.1) is 0 Å². The zero-order valence-electron chi connectivity index (χ0n) is 9.10. The number of aliphatic hydroxyl groups is 1. The molecule has 4 heteroatoms.